The first-order valence-corrected chi connectivity index (χ1v) is 22.1. The fourth-order valence-corrected chi connectivity index (χ4v) is 8.89. The molecule has 0 spiro atoms. The standard InChI is InChI=1S/2C25H23F3N6/c2*1-16-14-33(15-29-16)22-11-9-18(30-17(22)2)10-12-23-31-24-20(7-5-13-34(24)32-23)19-6-3-4-8-21(19)25(26,27)28/h2*3-4,6,8-12,14-15,20H,5,7,13H2,1-2H3/b2*12-10+. The number of hydrogen-bond donors (Lipinski definition) is 0. The van der Waals surface area contributed by atoms with Crippen LogP contribution < -0.4 is 0 Å². The van der Waals surface area contributed by atoms with Crippen molar-refractivity contribution in [2.75, 3.05) is 0 Å². The van der Waals surface area contributed by atoms with Crippen LogP contribution in [-0.2, 0) is 25.4 Å². The molecule has 0 saturated heterocycles. The minimum atomic E-state index is -4.41. The molecule has 6 aromatic heterocycles. The third-order valence-electron chi connectivity index (χ3n) is 12.0. The second kappa shape index (κ2) is 18.6. The van der Waals surface area contributed by atoms with E-state index in [9.17, 15) is 26.3 Å². The van der Waals surface area contributed by atoms with Gasteiger partial charge in [-0.3, -0.25) is 9.97 Å². The fraction of sp³-hybridized carbons (Fsp3) is 0.280. The van der Waals surface area contributed by atoms with Crippen LogP contribution in [0.2, 0.25) is 0 Å². The molecule has 348 valence electrons. The molecule has 10 rings (SSSR count). The average molecular weight is 929 g/mol. The molecule has 0 bridgehead atoms. The predicted molar refractivity (Wildman–Crippen MR) is 245 cm³/mol. The first-order valence-electron chi connectivity index (χ1n) is 22.1. The van der Waals surface area contributed by atoms with Crippen molar-refractivity contribution in [3.8, 4) is 11.4 Å². The van der Waals surface area contributed by atoms with Gasteiger partial charge in [-0.1, -0.05) is 36.4 Å². The van der Waals surface area contributed by atoms with Gasteiger partial charge in [-0.25, -0.2) is 29.3 Å². The number of fused-ring (bicyclic) bond motifs is 2. The second-order valence-corrected chi connectivity index (χ2v) is 16.9. The van der Waals surface area contributed by atoms with Crippen LogP contribution >= 0.6 is 0 Å². The minimum absolute atomic E-state index is 0.251. The molecule has 2 aliphatic rings. The fourth-order valence-electron chi connectivity index (χ4n) is 8.89. The predicted octanol–water partition coefficient (Wildman–Crippen LogP) is 11.2. The molecule has 0 N–H and O–H groups in total. The zero-order valence-electron chi connectivity index (χ0n) is 37.6. The van der Waals surface area contributed by atoms with E-state index in [1.54, 1.807) is 58.4 Å². The van der Waals surface area contributed by atoms with E-state index in [0.717, 1.165) is 70.5 Å². The van der Waals surface area contributed by atoms with Gasteiger partial charge in [0.2, 0.25) is 0 Å². The van der Waals surface area contributed by atoms with Gasteiger partial charge in [-0.15, -0.1) is 0 Å². The molecule has 18 heteroatoms. The zero-order valence-corrected chi connectivity index (χ0v) is 37.6. The number of hydrogen-bond acceptors (Lipinski definition) is 8. The van der Waals surface area contributed by atoms with Gasteiger partial charge in [0.05, 0.1) is 69.3 Å². The number of benzene rings is 2. The number of rotatable bonds is 8. The van der Waals surface area contributed by atoms with E-state index in [0.29, 0.717) is 49.2 Å². The molecule has 0 amide bonds. The summed E-state index contributed by atoms with van der Waals surface area (Å²) in [6, 6.07) is 19.2. The summed E-state index contributed by atoms with van der Waals surface area (Å²) in [6.07, 6.45) is 8.38. The highest BCUT2D eigenvalue weighted by Gasteiger charge is 2.38. The topological polar surface area (TPSA) is 123 Å². The SMILES string of the molecule is Cc1cn(-c2ccc(/C=C/c3nc4n(n3)CCCC4c3ccccc3C(F)(F)F)nc2C)cn1.Cc1cn(-c2ccc(/C=C/c3nc4n(n3)CCCC4c3ccccc3C(F)(F)F)nc2C)cn1. The molecular weight excluding hydrogens is 883 g/mol. The molecule has 2 aliphatic heterocycles. The Hall–Kier alpha value is -7.50. The van der Waals surface area contributed by atoms with Crippen molar-refractivity contribution in [3.63, 3.8) is 0 Å². The van der Waals surface area contributed by atoms with Gasteiger partial charge in [0.15, 0.2) is 11.6 Å². The molecule has 8 aromatic rings. The number of imidazole rings is 2. The molecule has 0 saturated carbocycles. The van der Waals surface area contributed by atoms with E-state index in [1.807, 2.05) is 85.6 Å². The quantitative estimate of drug-likeness (QED) is 0.138. The molecule has 68 heavy (non-hydrogen) atoms. The van der Waals surface area contributed by atoms with E-state index >= 15 is 0 Å². The smallest absolute Gasteiger partial charge is 0.304 e. The number of nitrogens with zero attached hydrogens (tertiary/aromatic N) is 12. The number of halogens is 6. The van der Waals surface area contributed by atoms with Gasteiger partial charge < -0.3 is 9.13 Å². The van der Waals surface area contributed by atoms with Gasteiger partial charge in [-0.05, 0) is 125 Å². The minimum Gasteiger partial charge on any atom is -0.304 e. The van der Waals surface area contributed by atoms with Crippen molar-refractivity contribution in [2.24, 2.45) is 0 Å². The number of pyridine rings is 2. The van der Waals surface area contributed by atoms with Crippen LogP contribution in [0, 0.1) is 27.7 Å². The molecular formula is C50H46F6N12. The Morgan fingerprint density at radius 2 is 0.926 bits per heavy atom. The number of aryl methyl sites for hydroxylation is 6. The van der Waals surface area contributed by atoms with Gasteiger partial charge in [0.1, 0.15) is 11.6 Å². The Balaban J connectivity index is 0.000000170. The normalized spacial score (nSPS) is 16.2. The summed E-state index contributed by atoms with van der Waals surface area (Å²) in [5.74, 6) is 1.16. The highest BCUT2D eigenvalue weighted by Crippen LogP contribution is 2.42. The molecule has 2 unspecified atom stereocenters. The first-order chi connectivity index (χ1) is 32.6. The lowest BCUT2D eigenvalue weighted by Crippen LogP contribution is -2.21. The third-order valence-corrected chi connectivity index (χ3v) is 12.0. The Morgan fingerprint density at radius 3 is 1.29 bits per heavy atom. The van der Waals surface area contributed by atoms with Gasteiger partial charge in [-0.2, -0.15) is 36.5 Å². The third kappa shape index (κ3) is 9.80. The highest BCUT2D eigenvalue weighted by molar-refractivity contribution is 5.66. The Labute approximate surface area is 387 Å². The molecule has 12 nitrogen and oxygen atoms in total. The Bertz CT molecular complexity index is 2940. The lowest BCUT2D eigenvalue weighted by atomic mass is 9.88. The van der Waals surface area contributed by atoms with Crippen LogP contribution in [0.3, 0.4) is 0 Å². The lowest BCUT2D eigenvalue weighted by molar-refractivity contribution is -0.139. The summed E-state index contributed by atoms with van der Waals surface area (Å²) in [5.41, 5.74) is 6.20. The maximum Gasteiger partial charge on any atom is 0.416 e. The van der Waals surface area contributed by atoms with E-state index in [4.69, 9.17) is 0 Å². The monoisotopic (exact) mass is 928 g/mol. The first kappa shape index (κ1) is 45.6. The van der Waals surface area contributed by atoms with Crippen molar-refractivity contribution < 1.29 is 26.3 Å². The molecule has 2 aromatic carbocycles. The summed E-state index contributed by atoms with van der Waals surface area (Å²) in [6.45, 7) is 8.99. The van der Waals surface area contributed by atoms with E-state index in [1.165, 1.54) is 12.1 Å². The van der Waals surface area contributed by atoms with Gasteiger partial charge in [0, 0.05) is 37.3 Å². The van der Waals surface area contributed by atoms with E-state index in [2.05, 4.69) is 40.1 Å². The molecule has 8 heterocycles. The number of aromatic nitrogens is 12. The van der Waals surface area contributed by atoms with Crippen molar-refractivity contribution in [1.29, 1.82) is 0 Å². The van der Waals surface area contributed by atoms with Gasteiger partial charge in [0.25, 0.3) is 0 Å². The summed E-state index contributed by atoms with van der Waals surface area (Å²) in [5, 5.41) is 9.04. The highest BCUT2D eigenvalue weighted by atomic mass is 19.4. The maximum atomic E-state index is 13.6. The van der Waals surface area contributed by atoms with Crippen molar-refractivity contribution in [1.82, 2.24) is 58.6 Å². The van der Waals surface area contributed by atoms with Crippen LogP contribution in [0.5, 0.6) is 0 Å². The summed E-state index contributed by atoms with van der Waals surface area (Å²) < 4.78 is 88.9. The van der Waals surface area contributed by atoms with Crippen LogP contribution in [0.15, 0.2) is 97.8 Å². The van der Waals surface area contributed by atoms with Crippen molar-refractivity contribution in [2.45, 2.75) is 90.7 Å². The van der Waals surface area contributed by atoms with E-state index < -0.39 is 35.3 Å². The lowest BCUT2D eigenvalue weighted by Gasteiger charge is -2.25. The summed E-state index contributed by atoms with van der Waals surface area (Å²) >= 11 is 0. The van der Waals surface area contributed by atoms with Crippen LogP contribution in [0.4, 0.5) is 26.3 Å². The molecule has 0 fully saturated rings. The largest absolute Gasteiger partial charge is 0.416 e. The molecule has 2 atom stereocenters. The summed E-state index contributed by atoms with van der Waals surface area (Å²) in [7, 11) is 0. The van der Waals surface area contributed by atoms with E-state index in [-0.39, 0.29) is 11.1 Å². The molecule has 0 aliphatic carbocycles. The Kier molecular flexibility index (Phi) is 12.5. The average Bonchev–Trinajstić information content (AvgIpc) is 4.14. The van der Waals surface area contributed by atoms with Gasteiger partial charge >= 0.3 is 12.4 Å². The summed E-state index contributed by atoms with van der Waals surface area (Å²) in [4.78, 5) is 27.0. The Morgan fingerprint density at radius 1 is 0.515 bits per heavy atom. The molecule has 0 radical (unpaired) electrons. The van der Waals surface area contributed by atoms with Crippen LogP contribution in [0.1, 0.15) is 117 Å². The van der Waals surface area contributed by atoms with Crippen molar-refractivity contribution >= 4 is 24.3 Å². The second-order valence-electron chi connectivity index (χ2n) is 16.9. The maximum absolute atomic E-state index is 13.6. The van der Waals surface area contributed by atoms with Crippen LogP contribution in [0.25, 0.3) is 35.7 Å². The number of alkyl halides is 6. The zero-order chi connectivity index (χ0) is 47.7. The van der Waals surface area contributed by atoms with Crippen molar-refractivity contribution in [3.05, 3.63) is 178 Å². The van der Waals surface area contributed by atoms with Crippen LogP contribution in [-0.4, -0.2) is 58.6 Å².